The van der Waals surface area contributed by atoms with E-state index in [9.17, 15) is 9.90 Å². The molecule has 0 fully saturated rings. The van der Waals surface area contributed by atoms with Crippen molar-refractivity contribution < 1.29 is 15.0 Å². The van der Waals surface area contributed by atoms with Crippen molar-refractivity contribution in [2.24, 2.45) is 0 Å². The number of carboxylic acid groups (broad SMARTS) is 1. The summed E-state index contributed by atoms with van der Waals surface area (Å²) in [7, 11) is 0. The van der Waals surface area contributed by atoms with Gasteiger partial charge in [0.05, 0.1) is 12.5 Å². The number of aryl methyl sites for hydroxylation is 1. The average Bonchev–Trinajstić information content (AvgIpc) is 2.63. The van der Waals surface area contributed by atoms with Crippen LogP contribution in [0.3, 0.4) is 0 Å². The van der Waals surface area contributed by atoms with Gasteiger partial charge in [0, 0.05) is 4.88 Å². The number of hydrogen-bond donors (Lipinski definition) is 2. The van der Waals surface area contributed by atoms with Crippen molar-refractivity contribution >= 4 is 17.3 Å². The molecule has 0 bridgehead atoms. The molecule has 1 atom stereocenters. The maximum absolute atomic E-state index is 10.3. The van der Waals surface area contributed by atoms with E-state index in [0.29, 0.717) is 6.42 Å². The SMILES string of the molecule is O=C(O)CC(O)CCCCc1cccs1. The zero-order chi connectivity index (χ0) is 11.1. The molecular formula is C11H16O3S. The molecule has 0 aliphatic carbocycles. The van der Waals surface area contributed by atoms with Crippen molar-refractivity contribution in [1.82, 2.24) is 0 Å². The second-order valence-electron chi connectivity index (χ2n) is 3.58. The highest BCUT2D eigenvalue weighted by Gasteiger charge is 2.08. The van der Waals surface area contributed by atoms with Crippen LogP contribution in [0.4, 0.5) is 0 Å². The van der Waals surface area contributed by atoms with Crippen molar-refractivity contribution in [2.75, 3.05) is 0 Å². The fourth-order valence-corrected chi connectivity index (χ4v) is 2.19. The number of carbonyl (C=O) groups is 1. The number of aliphatic carboxylic acids is 1. The topological polar surface area (TPSA) is 57.5 Å². The quantitative estimate of drug-likeness (QED) is 0.704. The average molecular weight is 228 g/mol. The van der Waals surface area contributed by atoms with Crippen LogP contribution in [0.25, 0.3) is 0 Å². The van der Waals surface area contributed by atoms with Crippen molar-refractivity contribution in [3.05, 3.63) is 22.4 Å². The third-order valence-corrected chi connectivity index (χ3v) is 3.14. The molecule has 3 nitrogen and oxygen atoms in total. The summed E-state index contributed by atoms with van der Waals surface area (Å²) in [5.41, 5.74) is 0. The molecule has 2 N–H and O–H groups in total. The zero-order valence-corrected chi connectivity index (χ0v) is 9.37. The summed E-state index contributed by atoms with van der Waals surface area (Å²) in [6, 6.07) is 4.12. The first-order chi connectivity index (χ1) is 7.18. The molecule has 1 unspecified atom stereocenters. The molecule has 0 saturated heterocycles. The molecule has 15 heavy (non-hydrogen) atoms. The normalized spacial score (nSPS) is 12.6. The van der Waals surface area contributed by atoms with Gasteiger partial charge in [0.25, 0.3) is 0 Å². The number of aliphatic hydroxyl groups is 1. The first-order valence-electron chi connectivity index (χ1n) is 5.10. The van der Waals surface area contributed by atoms with Crippen molar-refractivity contribution in [3.63, 3.8) is 0 Å². The van der Waals surface area contributed by atoms with Crippen LogP contribution in [0.15, 0.2) is 17.5 Å². The Morgan fingerprint density at radius 3 is 2.87 bits per heavy atom. The van der Waals surface area contributed by atoms with Crippen LogP contribution >= 0.6 is 11.3 Å². The van der Waals surface area contributed by atoms with Gasteiger partial charge in [-0.3, -0.25) is 4.79 Å². The minimum Gasteiger partial charge on any atom is -0.481 e. The van der Waals surface area contributed by atoms with E-state index in [1.54, 1.807) is 11.3 Å². The van der Waals surface area contributed by atoms with E-state index in [2.05, 4.69) is 11.4 Å². The Labute approximate surface area is 93.4 Å². The van der Waals surface area contributed by atoms with Gasteiger partial charge in [-0.1, -0.05) is 12.5 Å². The van der Waals surface area contributed by atoms with Gasteiger partial charge in [0.15, 0.2) is 0 Å². The Kier molecular flexibility index (Phi) is 5.36. The Morgan fingerprint density at radius 1 is 1.47 bits per heavy atom. The summed E-state index contributed by atoms with van der Waals surface area (Å²) in [6.07, 6.45) is 2.67. The molecule has 1 rings (SSSR count). The molecule has 4 heteroatoms. The first kappa shape index (κ1) is 12.2. The van der Waals surface area contributed by atoms with Gasteiger partial charge in [-0.15, -0.1) is 11.3 Å². The van der Waals surface area contributed by atoms with Crippen molar-refractivity contribution in [1.29, 1.82) is 0 Å². The lowest BCUT2D eigenvalue weighted by atomic mass is 10.1. The number of rotatable bonds is 7. The summed E-state index contributed by atoms with van der Waals surface area (Å²) >= 11 is 1.74. The zero-order valence-electron chi connectivity index (χ0n) is 8.56. The standard InChI is InChI=1S/C11H16O3S/c12-9(8-11(13)14)4-1-2-5-10-6-3-7-15-10/h3,6-7,9,12H,1-2,4-5,8H2,(H,13,14). The molecule has 0 amide bonds. The minimum absolute atomic E-state index is 0.140. The molecule has 1 aromatic heterocycles. The molecule has 1 heterocycles. The van der Waals surface area contributed by atoms with Crippen LogP contribution in [0, 0.1) is 0 Å². The summed E-state index contributed by atoms with van der Waals surface area (Å²) in [5.74, 6) is -0.930. The molecule has 0 radical (unpaired) electrons. The van der Waals surface area contributed by atoms with E-state index < -0.39 is 12.1 Å². The van der Waals surface area contributed by atoms with E-state index >= 15 is 0 Å². The number of unbranched alkanes of at least 4 members (excludes halogenated alkanes) is 1. The second kappa shape index (κ2) is 6.58. The number of thiophene rings is 1. The van der Waals surface area contributed by atoms with Crippen LogP contribution in [0.1, 0.15) is 30.6 Å². The summed E-state index contributed by atoms with van der Waals surface area (Å²) in [5, 5.41) is 19.8. The highest BCUT2D eigenvalue weighted by atomic mass is 32.1. The highest BCUT2D eigenvalue weighted by Crippen LogP contribution is 2.13. The van der Waals surface area contributed by atoms with E-state index in [4.69, 9.17) is 5.11 Å². The van der Waals surface area contributed by atoms with E-state index in [0.717, 1.165) is 19.3 Å². The smallest absolute Gasteiger partial charge is 0.305 e. The van der Waals surface area contributed by atoms with Gasteiger partial charge < -0.3 is 10.2 Å². The van der Waals surface area contributed by atoms with E-state index in [1.165, 1.54) is 4.88 Å². The molecule has 84 valence electrons. The maximum atomic E-state index is 10.3. The third-order valence-electron chi connectivity index (χ3n) is 2.20. The molecular weight excluding hydrogens is 212 g/mol. The molecule has 0 spiro atoms. The van der Waals surface area contributed by atoms with Crippen LogP contribution in [-0.4, -0.2) is 22.3 Å². The van der Waals surface area contributed by atoms with Crippen LogP contribution < -0.4 is 0 Å². The summed E-state index contributed by atoms with van der Waals surface area (Å²) < 4.78 is 0. The van der Waals surface area contributed by atoms with Crippen molar-refractivity contribution in [2.45, 2.75) is 38.2 Å². The molecule has 0 saturated carbocycles. The largest absolute Gasteiger partial charge is 0.481 e. The monoisotopic (exact) mass is 228 g/mol. The van der Waals surface area contributed by atoms with Gasteiger partial charge in [-0.2, -0.15) is 0 Å². The first-order valence-corrected chi connectivity index (χ1v) is 5.98. The van der Waals surface area contributed by atoms with Gasteiger partial charge in [-0.05, 0) is 30.7 Å². The lowest BCUT2D eigenvalue weighted by Gasteiger charge is -2.06. The molecule has 0 aromatic carbocycles. The highest BCUT2D eigenvalue weighted by molar-refractivity contribution is 7.09. The fourth-order valence-electron chi connectivity index (χ4n) is 1.44. The predicted octanol–water partition coefficient (Wildman–Crippen LogP) is 2.30. The lowest BCUT2D eigenvalue weighted by molar-refractivity contribution is -0.139. The number of carboxylic acids is 1. The maximum Gasteiger partial charge on any atom is 0.305 e. The number of aliphatic hydroxyl groups excluding tert-OH is 1. The Hall–Kier alpha value is -0.870. The summed E-state index contributed by atoms with van der Waals surface area (Å²) in [6.45, 7) is 0. The van der Waals surface area contributed by atoms with E-state index in [1.807, 2.05) is 6.07 Å². The van der Waals surface area contributed by atoms with Gasteiger partial charge in [0.1, 0.15) is 0 Å². The summed E-state index contributed by atoms with van der Waals surface area (Å²) in [4.78, 5) is 11.6. The van der Waals surface area contributed by atoms with Gasteiger partial charge in [-0.25, -0.2) is 0 Å². The molecule has 0 aliphatic rings. The van der Waals surface area contributed by atoms with Crippen LogP contribution in [0.5, 0.6) is 0 Å². The van der Waals surface area contributed by atoms with Gasteiger partial charge in [0.2, 0.25) is 0 Å². The van der Waals surface area contributed by atoms with E-state index in [-0.39, 0.29) is 6.42 Å². The fraction of sp³-hybridized carbons (Fsp3) is 0.545. The molecule has 1 aromatic rings. The predicted molar refractivity (Wildman–Crippen MR) is 60.1 cm³/mol. The third kappa shape index (κ3) is 5.54. The Balaban J connectivity index is 2.04. The lowest BCUT2D eigenvalue weighted by Crippen LogP contribution is -2.12. The minimum atomic E-state index is -0.930. The second-order valence-corrected chi connectivity index (χ2v) is 4.61. The molecule has 0 aliphatic heterocycles. The Bertz CT molecular complexity index is 282. The van der Waals surface area contributed by atoms with Crippen LogP contribution in [-0.2, 0) is 11.2 Å². The van der Waals surface area contributed by atoms with Crippen molar-refractivity contribution in [3.8, 4) is 0 Å². The Morgan fingerprint density at radius 2 is 2.27 bits per heavy atom. The van der Waals surface area contributed by atoms with Crippen LogP contribution in [0.2, 0.25) is 0 Å². The van der Waals surface area contributed by atoms with Gasteiger partial charge >= 0.3 is 5.97 Å². The number of hydrogen-bond acceptors (Lipinski definition) is 3.